The van der Waals surface area contributed by atoms with E-state index in [-0.39, 0.29) is 12.5 Å². The maximum Gasteiger partial charge on any atom is 0.140 e. The molecule has 1 aliphatic rings. The topological polar surface area (TPSA) is 37.3 Å². The van der Waals surface area contributed by atoms with E-state index in [1.165, 1.54) is 0 Å². The Labute approximate surface area is 83.6 Å². The van der Waals surface area contributed by atoms with Crippen molar-refractivity contribution in [3.8, 4) is 0 Å². The van der Waals surface area contributed by atoms with Crippen molar-refractivity contribution < 1.29 is 9.90 Å². The SMILES string of the molecule is O=C1CCCC1c1ccccc1CO. The fourth-order valence-corrected chi connectivity index (χ4v) is 2.16. The van der Waals surface area contributed by atoms with Gasteiger partial charge in [-0.25, -0.2) is 0 Å². The Bertz CT molecular complexity index is 344. The van der Waals surface area contributed by atoms with Crippen LogP contribution in [0.2, 0.25) is 0 Å². The molecule has 2 rings (SSSR count). The minimum Gasteiger partial charge on any atom is -0.392 e. The van der Waals surface area contributed by atoms with Gasteiger partial charge >= 0.3 is 0 Å². The molecule has 1 unspecified atom stereocenters. The molecule has 0 aromatic heterocycles. The summed E-state index contributed by atoms with van der Waals surface area (Å²) in [5, 5.41) is 9.15. The Morgan fingerprint density at radius 1 is 1.36 bits per heavy atom. The van der Waals surface area contributed by atoms with Gasteiger partial charge in [0.2, 0.25) is 0 Å². The van der Waals surface area contributed by atoms with Crippen LogP contribution in [0.5, 0.6) is 0 Å². The number of benzene rings is 1. The lowest BCUT2D eigenvalue weighted by Crippen LogP contribution is -2.07. The molecule has 1 fully saturated rings. The molecule has 1 atom stereocenters. The van der Waals surface area contributed by atoms with Gasteiger partial charge in [-0.2, -0.15) is 0 Å². The van der Waals surface area contributed by atoms with E-state index in [9.17, 15) is 4.79 Å². The molecule has 1 saturated carbocycles. The zero-order chi connectivity index (χ0) is 9.97. The molecular formula is C12H14O2. The summed E-state index contributed by atoms with van der Waals surface area (Å²) in [5.74, 6) is 0.365. The van der Waals surface area contributed by atoms with Gasteiger partial charge in [-0.1, -0.05) is 24.3 Å². The van der Waals surface area contributed by atoms with Crippen molar-refractivity contribution in [3.05, 3.63) is 35.4 Å². The number of carbonyl (C=O) groups is 1. The number of aliphatic hydroxyl groups is 1. The van der Waals surface area contributed by atoms with E-state index < -0.39 is 0 Å². The molecule has 1 aromatic carbocycles. The third-order valence-corrected chi connectivity index (χ3v) is 2.91. The van der Waals surface area contributed by atoms with Crippen LogP contribution in [0.1, 0.15) is 36.3 Å². The molecule has 1 aliphatic carbocycles. The molecule has 0 saturated heterocycles. The summed E-state index contributed by atoms with van der Waals surface area (Å²) in [6.07, 6.45) is 2.63. The van der Waals surface area contributed by atoms with E-state index in [0.717, 1.165) is 24.0 Å². The molecule has 0 spiro atoms. The summed E-state index contributed by atoms with van der Waals surface area (Å²) in [7, 11) is 0. The van der Waals surface area contributed by atoms with E-state index in [1.54, 1.807) is 0 Å². The highest BCUT2D eigenvalue weighted by molar-refractivity contribution is 5.87. The molecule has 2 nitrogen and oxygen atoms in total. The summed E-state index contributed by atoms with van der Waals surface area (Å²) in [5.41, 5.74) is 1.92. The molecule has 0 radical (unpaired) electrons. The lowest BCUT2D eigenvalue weighted by molar-refractivity contribution is -0.118. The zero-order valence-electron chi connectivity index (χ0n) is 8.07. The van der Waals surface area contributed by atoms with Gasteiger partial charge in [-0.3, -0.25) is 4.79 Å². The average Bonchev–Trinajstić information content (AvgIpc) is 2.64. The number of aliphatic hydroxyl groups excluding tert-OH is 1. The van der Waals surface area contributed by atoms with Crippen LogP contribution in [0.15, 0.2) is 24.3 Å². The standard InChI is InChI=1S/C12H14O2/c13-8-9-4-1-2-5-10(9)11-6-3-7-12(11)14/h1-2,4-5,11,13H,3,6-8H2. The minimum absolute atomic E-state index is 0.0277. The monoisotopic (exact) mass is 190 g/mol. The van der Waals surface area contributed by atoms with Crippen LogP contribution < -0.4 is 0 Å². The first kappa shape index (κ1) is 9.41. The summed E-state index contributed by atoms with van der Waals surface area (Å²) >= 11 is 0. The highest BCUT2D eigenvalue weighted by Gasteiger charge is 2.27. The van der Waals surface area contributed by atoms with Crippen LogP contribution in [0, 0.1) is 0 Å². The highest BCUT2D eigenvalue weighted by atomic mass is 16.3. The molecule has 0 bridgehead atoms. The van der Waals surface area contributed by atoms with Crippen molar-refractivity contribution in [2.75, 3.05) is 0 Å². The Balaban J connectivity index is 2.35. The fraction of sp³-hybridized carbons (Fsp3) is 0.417. The van der Waals surface area contributed by atoms with Gasteiger partial charge in [-0.05, 0) is 24.0 Å². The summed E-state index contributed by atoms with van der Waals surface area (Å²) in [6.45, 7) is 0.0277. The van der Waals surface area contributed by atoms with Crippen molar-refractivity contribution >= 4 is 5.78 Å². The summed E-state index contributed by atoms with van der Waals surface area (Å²) < 4.78 is 0. The molecule has 74 valence electrons. The molecule has 14 heavy (non-hydrogen) atoms. The van der Waals surface area contributed by atoms with Gasteiger partial charge in [0.15, 0.2) is 0 Å². The zero-order valence-corrected chi connectivity index (χ0v) is 8.07. The lowest BCUT2D eigenvalue weighted by Gasteiger charge is -2.12. The number of hydrogen-bond acceptors (Lipinski definition) is 2. The lowest BCUT2D eigenvalue weighted by atomic mass is 9.92. The van der Waals surface area contributed by atoms with Crippen molar-refractivity contribution in [3.63, 3.8) is 0 Å². The number of hydrogen-bond donors (Lipinski definition) is 1. The van der Waals surface area contributed by atoms with Gasteiger partial charge in [0.05, 0.1) is 6.61 Å². The van der Waals surface area contributed by atoms with Gasteiger partial charge in [0.1, 0.15) is 5.78 Å². The van der Waals surface area contributed by atoms with Crippen LogP contribution in [-0.2, 0) is 11.4 Å². The summed E-state index contributed by atoms with van der Waals surface area (Å²) in [6, 6.07) is 7.68. The Hall–Kier alpha value is -1.15. The van der Waals surface area contributed by atoms with E-state index in [4.69, 9.17) is 5.11 Å². The molecule has 2 heteroatoms. The third-order valence-electron chi connectivity index (χ3n) is 2.91. The van der Waals surface area contributed by atoms with E-state index in [0.29, 0.717) is 12.2 Å². The van der Waals surface area contributed by atoms with Gasteiger partial charge < -0.3 is 5.11 Å². The van der Waals surface area contributed by atoms with E-state index >= 15 is 0 Å². The average molecular weight is 190 g/mol. The van der Waals surface area contributed by atoms with Crippen LogP contribution in [0.3, 0.4) is 0 Å². The fourth-order valence-electron chi connectivity index (χ4n) is 2.16. The van der Waals surface area contributed by atoms with Crippen molar-refractivity contribution in [2.45, 2.75) is 31.8 Å². The number of Topliss-reactive ketones (excluding diaryl/α,β-unsaturated/α-hetero) is 1. The third kappa shape index (κ3) is 1.58. The number of carbonyl (C=O) groups excluding carboxylic acids is 1. The largest absolute Gasteiger partial charge is 0.392 e. The van der Waals surface area contributed by atoms with Crippen molar-refractivity contribution in [1.82, 2.24) is 0 Å². The Kier molecular flexibility index (Phi) is 2.64. The van der Waals surface area contributed by atoms with Crippen molar-refractivity contribution in [1.29, 1.82) is 0 Å². The van der Waals surface area contributed by atoms with Crippen LogP contribution in [0.4, 0.5) is 0 Å². The maximum absolute atomic E-state index is 11.6. The van der Waals surface area contributed by atoms with Gasteiger partial charge in [0.25, 0.3) is 0 Å². The smallest absolute Gasteiger partial charge is 0.140 e. The predicted molar refractivity (Wildman–Crippen MR) is 54.0 cm³/mol. The van der Waals surface area contributed by atoms with Crippen LogP contribution in [-0.4, -0.2) is 10.9 Å². The maximum atomic E-state index is 11.6. The molecule has 0 amide bonds. The molecular weight excluding hydrogens is 176 g/mol. The number of rotatable bonds is 2. The highest BCUT2D eigenvalue weighted by Crippen LogP contribution is 2.32. The molecule has 0 aliphatic heterocycles. The first-order chi connectivity index (χ1) is 6.83. The number of ketones is 1. The van der Waals surface area contributed by atoms with Crippen LogP contribution >= 0.6 is 0 Å². The summed E-state index contributed by atoms with van der Waals surface area (Å²) in [4.78, 5) is 11.6. The Morgan fingerprint density at radius 2 is 2.14 bits per heavy atom. The normalized spacial score (nSPS) is 21.5. The molecule has 0 heterocycles. The first-order valence-electron chi connectivity index (χ1n) is 5.04. The van der Waals surface area contributed by atoms with Gasteiger partial charge in [-0.15, -0.1) is 0 Å². The van der Waals surface area contributed by atoms with Gasteiger partial charge in [0, 0.05) is 12.3 Å². The second kappa shape index (κ2) is 3.93. The Morgan fingerprint density at radius 3 is 2.79 bits per heavy atom. The molecule has 1 N–H and O–H groups in total. The van der Waals surface area contributed by atoms with Crippen molar-refractivity contribution in [2.24, 2.45) is 0 Å². The van der Waals surface area contributed by atoms with E-state index in [2.05, 4.69) is 0 Å². The predicted octanol–water partition coefficient (Wildman–Crippen LogP) is 2.02. The second-order valence-corrected chi connectivity index (χ2v) is 3.77. The first-order valence-corrected chi connectivity index (χ1v) is 5.04. The minimum atomic E-state index is 0.0277. The molecule has 1 aromatic rings. The van der Waals surface area contributed by atoms with E-state index in [1.807, 2.05) is 24.3 Å². The van der Waals surface area contributed by atoms with Crippen LogP contribution in [0.25, 0.3) is 0 Å². The second-order valence-electron chi connectivity index (χ2n) is 3.77. The quantitative estimate of drug-likeness (QED) is 0.774.